The number of hydrogen-bond acceptors (Lipinski definition) is 5. The van der Waals surface area contributed by atoms with Gasteiger partial charge in [0.2, 0.25) is 0 Å². The fourth-order valence-electron chi connectivity index (χ4n) is 3.35. The van der Waals surface area contributed by atoms with E-state index in [0.717, 1.165) is 34.0 Å². The zero-order chi connectivity index (χ0) is 21.8. The van der Waals surface area contributed by atoms with Crippen LogP contribution in [0.4, 0.5) is 0 Å². The highest BCUT2D eigenvalue weighted by molar-refractivity contribution is 5.94. The average molecular weight is 414 g/mol. The third-order valence-electron chi connectivity index (χ3n) is 4.84. The maximum Gasteiger partial charge on any atom is 0.289 e. The summed E-state index contributed by atoms with van der Waals surface area (Å²) < 4.78 is 7.05. The van der Waals surface area contributed by atoms with E-state index in [9.17, 15) is 4.79 Å². The number of hydrazone groups is 1. The van der Waals surface area contributed by atoms with Gasteiger partial charge in [0.15, 0.2) is 0 Å². The summed E-state index contributed by atoms with van der Waals surface area (Å²) in [5.41, 5.74) is 7.91. The molecule has 2 aromatic carbocycles. The second-order valence-electron chi connectivity index (χ2n) is 6.94. The van der Waals surface area contributed by atoms with Gasteiger partial charge < -0.3 is 4.74 Å². The molecule has 0 saturated heterocycles. The molecule has 0 unspecified atom stereocenters. The van der Waals surface area contributed by atoms with Crippen molar-refractivity contribution in [1.82, 2.24) is 25.4 Å². The molecule has 2 aromatic heterocycles. The number of carbonyl (C=O) groups is 1. The van der Waals surface area contributed by atoms with E-state index in [1.165, 1.54) is 0 Å². The van der Waals surface area contributed by atoms with Crippen LogP contribution in [0, 0.1) is 13.8 Å². The normalized spacial score (nSPS) is 11.1. The van der Waals surface area contributed by atoms with Gasteiger partial charge in [0, 0.05) is 5.56 Å². The molecule has 0 radical (unpaired) electrons. The van der Waals surface area contributed by atoms with Crippen molar-refractivity contribution in [3.63, 3.8) is 0 Å². The first-order chi connectivity index (χ1) is 15.1. The number of ether oxygens (including phenoxy) is 1. The quantitative estimate of drug-likeness (QED) is 0.372. The van der Waals surface area contributed by atoms with Gasteiger partial charge in [0.25, 0.3) is 5.91 Å². The summed E-state index contributed by atoms with van der Waals surface area (Å²) in [4.78, 5) is 12.5. The van der Waals surface area contributed by atoms with E-state index >= 15 is 0 Å². The van der Waals surface area contributed by atoms with Crippen LogP contribution in [0.5, 0.6) is 5.75 Å². The van der Waals surface area contributed by atoms with Gasteiger partial charge in [0.05, 0.1) is 36.1 Å². The van der Waals surface area contributed by atoms with Crippen molar-refractivity contribution in [3.05, 3.63) is 83.3 Å². The van der Waals surface area contributed by atoms with E-state index in [1.807, 2.05) is 73.1 Å². The largest absolute Gasteiger partial charge is 0.497 e. The first-order valence-electron chi connectivity index (χ1n) is 9.71. The van der Waals surface area contributed by atoms with Crippen molar-refractivity contribution in [1.29, 1.82) is 0 Å². The zero-order valence-corrected chi connectivity index (χ0v) is 17.5. The van der Waals surface area contributed by atoms with Crippen molar-refractivity contribution in [2.75, 3.05) is 7.11 Å². The SMILES string of the molecule is COc1cccc(/C=N\NC(=O)c2cc(-c3c(C)nn(-c4ccccc4)c3C)n[nH]2)c1. The molecule has 156 valence electrons. The number of aryl methyl sites for hydroxylation is 1. The lowest BCUT2D eigenvalue weighted by Gasteiger charge is -2.04. The van der Waals surface area contributed by atoms with Crippen LogP contribution in [0.15, 0.2) is 65.8 Å². The van der Waals surface area contributed by atoms with E-state index in [1.54, 1.807) is 19.4 Å². The minimum atomic E-state index is -0.386. The highest BCUT2D eigenvalue weighted by Gasteiger charge is 2.18. The van der Waals surface area contributed by atoms with Gasteiger partial charge in [-0.05, 0) is 49.7 Å². The summed E-state index contributed by atoms with van der Waals surface area (Å²) in [6.45, 7) is 3.91. The van der Waals surface area contributed by atoms with Gasteiger partial charge in [-0.1, -0.05) is 30.3 Å². The summed E-state index contributed by atoms with van der Waals surface area (Å²) in [6.07, 6.45) is 1.55. The molecule has 0 bridgehead atoms. The number of nitrogens with zero attached hydrogens (tertiary/aromatic N) is 4. The first kappa shape index (κ1) is 20.1. The lowest BCUT2D eigenvalue weighted by Crippen LogP contribution is -2.18. The average Bonchev–Trinajstić information content (AvgIpc) is 3.38. The molecule has 4 rings (SSSR count). The maximum absolute atomic E-state index is 12.5. The van der Waals surface area contributed by atoms with E-state index in [-0.39, 0.29) is 5.91 Å². The molecule has 8 heteroatoms. The van der Waals surface area contributed by atoms with E-state index in [0.29, 0.717) is 11.4 Å². The number of nitrogens with one attached hydrogen (secondary N) is 2. The molecule has 1 amide bonds. The Morgan fingerprint density at radius 2 is 1.94 bits per heavy atom. The van der Waals surface area contributed by atoms with Gasteiger partial charge in [-0.2, -0.15) is 15.3 Å². The Kier molecular flexibility index (Phi) is 5.61. The Balaban J connectivity index is 1.51. The van der Waals surface area contributed by atoms with Crippen molar-refractivity contribution in [3.8, 4) is 22.7 Å². The molecule has 31 heavy (non-hydrogen) atoms. The van der Waals surface area contributed by atoms with Gasteiger partial charge in [-0.3, -0.25) is 9.89 Å². The summed E-state index contributed by atoms with van der Waals surface area (Å²) >= 11 is 0. The van der Waals surface area contributed by atoms with Crippen LogP contribution in [0.25, 0.3) is 16.9 Å². The molecule has 0 saturated carbocycles. The minimum Gasteiger partial charge on any atom is -0.497 e. The third-order valence-corrected chi connectivity index (χ3v) is 4.84. The predicted molar refractivity (Wildman–Crippen MR) is 119 cm³/mol. The van der Waals surface area contributed by atoms with Crippen LogP contribution in [0.3, 0.4) is 0 Å². The molecule has 0 fully saturated rings. The number of aromatic nitrogens is 4. The van der Waals surface area contributed by atoms with Crippen molar-refractivity contribution in [2.24, 2.45) is 5.10 Å². The molecule has 4 aromatic rings. The molecular weight excluding hydrogens is 392 g/mol. The molecule has 0 aliphatic heterocycles. The van der Waals surface area contributed by atoms with Crippen molar-refractivity contribution >= 4 is 12.1 Å². The summed E-state index contributed by atoms with van der Waals surface area (Å²) in [5.74, 6) is 0.332. The molecule has 0 spiro atoms. The van der Waals surface area contributed by atoms with E-state index in [4.69, 9.17) is 4.74 Å². The molecule has 8 nitrogen and oxygen atoms in total. The maximum atomic E-state index is 12.5. The first-order valence-corrected chi connectivity index (χ1v) is 9.71. The number of aromatic amines is 1. The number of carbonyl (C=O) groups excluding carboxylic acids is 1. The van der Waals surface area contributed by atoms with Gasteiger partial charge in [0.1, 0.15) is 11.4 Å². The van der Waals surface area contributed by atoms with Gasteiger partial charge in [-0.25, -0.2) is 10.1 Å². The molecule has 2 N–H and O–H groups in total. The second-order valence-corrected chi connectivity index (χ2v) is 6.94. The lowest BCUT2D eigenvalue weighted by atomic mass is 10.1. The van der Waals surface area contributed by atoms with E-state index < -0.39 is 0 Å². The van der Waals surface area contributed by atoms with Crippen LogP contribution in [0.1, 0.15) is 27.4 Å². The van der Waals surface area contributed by atoms with Crippen LogP contribution in [0.2, 0.25) is 0 Å². The van der Waals surface area contributed by atoms with Crippen LogP contribution < -0.4 is 10.2 Å². The Hall–Kier alpha value is -4.20. The fraction of sp³-hybridized carbons (Fsp3) is 0.130. The van der Waals surface area contributed by atoms with Crippen LogP contribution in [-0.2, 0) is 0 Å². The predicted octanol–water partition coefficient (Wildman–Crippen LogP) is 3.65. The number of rotatable bonds is 6. The molecular formula is C23H22N6O2. The van der Waals surface area contributed by atoms with Crippen LogP contribution >= 0.6 is 0 Å². The second kappa shape index (κ2) is 8.66. The topological polar surface area (TPSA) is 97.2 Å². The lowest BCUT2D eigenvalue weighted by molar-refractivity contribution is 0.0950. The third kappa shape index (κ3) is 4.23. The van der Waals surface area contributed by atoms with Crippen LogP contribution in [-0.4, -0.2) is 39.2 Å². The monoisotopic (exact) mass is 414 g/mol. The minimum absolute atomic E-state index is 0.309. The van der Waals surface area contributed by atoms with Gasteiger partial charge in [-0.15, -0.1) is 0 Å². The standard InChI is InChI=1S/C23H22N6O2/c1-15-22(16(2)29(28-15)18-9-5-4-6-10-18)20-13-21(26-25-20)23(30)27-24-14-17-8-7-11-19(12-17)31-3/h4-14H,1-3H3,(H,25,26)(H,27,30)/b24-14-. The Labute approximate surface area is 179 Å². The Morgan fingerprint density at radius 3 is 2.71 bits per heavy atom. The van der Waals surface area contributed by atoms with Crippen molar-refractivity contribution in [2.45, 2.75) is 13.8 Å². The molecule has 0 aliphatic rings. The Morgan fingerprint density at radius 1 is 1.13 bits per heavy atom. The molecule has 0 atom stereocenters. The number of amides is 1. The van der Waals surface area contributed by atoms with E-state index in [2.05, 4.69) is 25.8 Å². The number of benzene rings is 2. The zero-order valence-electron chi connectivity index (χ0n) is 17.5. The summed E-state index contributed by atoms with van der Waals surface area (Å²) in [6, 6.07) is 19.0. The van der Waals surface area contributed by atoms with Gasteiger partial charge >= 0.3 is 0 Å². The number of para-hydroxylation sites is 1. The fourth-order valence-corrected chi connectivity index (χ4v) is 3.35. The summed E-state index contributed by atoms with van der Waals surface area (Å²) in [5, 5.41) is 15.7. The number of hydrogen-bond donors (Lipinski definition) is 2. The number of methoxy groups -OCH3 is 1. The Bertz CT molecular complexity index is 1240. The molecule has 2 heterocycles. The molecule has 0 aliphatic carbocycles. The highest BCUT2D eigenvalue weighted by Crippen LogP contribution is 2.27. The highest BCUT2D eigenvalue weighted by atomic mass is 16.5. The number of H-pyrrole nitrogens is 1. The smallest absolute Gasteiger partial charge is 0.289 e. The van der Waals surface area contributed by atoms with Crippen molar-refractivity contribution < 1.29 is 9.53 Å². The summed E-state index contributed by atoms with van der Waals surface area (Å²) in [7, 11) is 1.60.